The van der Waals surface area contributed by atoms with Crippen LogP contribution in [0.1, 0.15) is 0 Å². The predicted octanol–water partition coefficient (Wildman–Crippen LogP) is 2.70. The maximum atomic E-state index is 11.9. The van der Waals surface area contributed by atoms with E-state index < -0.39 is 20.3 Å². The zero-order valence-corrected chi connectivity index (χ0v) is 19.8. The topological polar surface area (TPSA) is 80.5 Å². The number of hydrogen-bond donors (Lipinski definition) is 2. The van der Waals surface area contributed by atoms with Crippen LogP contribution >= 0.6 is 44.1 Å². The molecule has 0 unspecified atom stereocenters. The van der Waals surface area contributed by atoms with Gasteiger partial charge < -0.3 is 0 Å². The predicted molar refractivity (Wildman–Crippen MR) is 106 cm³/mol. The van der Waals surface area contributed by atoms with Crippen molar-refractivity contribution in [2.24, 2.45) is 0 Å². The van der Waals surface area contributed by atoms with Crippen LogP contribution in [0.2, 0.25) is 0 Å². The fourth-order valence-corrected chi connectivity index (χ4v) is 8.52. The van der Waals surface area contributed by atoms with E-state index in [0.29, 0.717) is 0 Å². The summed E-state index contributed by atoms with van der Waals surface area (Å²) in [4.78, 5) is 2.74. The summed E-state index contributed by atoms with van der Waals surface area (Å²) in [6.45, 7) is -0.469. The Morgan fingerprint density at radius 3 is 2.00 bits per heavy atom. The smallest absolute Gasteiger partial charge is 0.166 e. The van der Waals surface area contributed by atoms with Gasteiger partial charge >= 0.3 is 129 Å². The van der Waals surface area contributed by atoms with E-state index in [1.165, 1.54) is 18.2 Å². The molecule has 0 aliphatic heterocycles. The molecule has 0 atom stereocenters. The van der Waals surface area contributed by atoms with Crippen LogP contribution in [0, 0.1) is 0 Å². The number of aliphatic hydroxyl groups is 1. The Morgan fingerprint density at radius 1 is 1.00 bits per heavy atom. The molecule has 1 aromatic carbocycles. The molecular formula is C13H16Cl5N2O3SSb. The third-order valence-corrected chi connectivity index (χ3v) is 14.2. The molecule has 0 bridgehead atoms. The summed E-state index contributed by atoms with van der Waals surface area (Å²) in [5.41, 5.74) is 0. The molecule has 2 rings (SSSR count). The SMILES string of the molecule is O=S(=O)(NCCO)c1ccc[c]([Sb-]([Cl])([Cl])([Cl])([Cl])[Cl])c1.c1cc[nH+]cc1. The van der Waals surface area contributed by atoms with E-state index in [4.69, 9.17) is 49.3 Å². The van der Waals surface area contributed by atoms with Crippen molar-refractivity contribution in [3.8, 4) is 0 Å². The summed E-state index contributed by atoms with van der Waals surface area (Å²) < 4.78 is 25.8. The van der Waals surface area contributed by atoms with Gasteiger partial charge in [0.05, 0.1) is 0 Å². The second-order valence-corrected chi connectivity index (χ2v) is 54.0. The van der Waals surface area contributed by atoms with Crippen LogP contribution in [0.25, 0.3) is 0 Å². The molecule has 0 aliphatic rings. The van der Waals surface area contributed by atoms with Crippen LogP contribution in [-0.4, -0.2) is 37.0 Å². The minimum absolute atomic E-state index is 0.0470. The van der Waals surface area contributed by atoms with Crippen molar-refractivity contribution in [2.45, 2.75) is 4.90 Å². The molecule has 12 heteroatoms. The average Bonchev–Trinajstić information content (AvgIpc) is 2.53. The van der Waals surface area contributed by atoms with Crippen LogP contribution in [0.3, 0.4) is 0 Å². The largest absolute Gasteiger partial charge is 0.218 e. The number of H-pyrrole nitrogens is 1. The van der Waals surface area contributed by atoms with Crippen molar-refractivity contribution < 1.29 is 18.5 Å². The van der Waals surface area contributed by atoms with Crippen molar-refractivity contribution in [3.63, 3.8) is 0 Å². The molecule has 142 valence electrons. The normalized spacial score (nSPS) is 14.6. The number of aromatic nitrogens is 1. The third kappa shape index (κ3) is 8.83. The van der Waals surface area contributed by atoms with Gasteiger partial charge in [0.15, 0.2) is 12.4 Å². The van der Waals surface area contributed by atoms with Gasteiger partial charge in [0.2, 0.25) is 0 Å². The first-order chi connectivity index (χ1) is 11.3. The molecule has 3 N–H and O–H groups in total. The van der Waals surface area contributed by atoms with E-state index in [9.17, 15) is 8.42 Å². The van der Waals surface area contributed by atoms with Gasteiger partial charge in [-0.1, -0.05) is 6.07 Å². The maximum absolute atomic E-state index is 11.9. The summed E-state index contributed by atoms with van der Waals surface area (Å²) in [7, 11) is 19.6. The van der Waals surface area contributed by atoms with Gasteiger partial charge in [-0.25, -0.2) is 4.98 Å². The molecule has 0 spiro atoms. The number of sulfonamides is 1. The first-order valence-corrected chi connectivity index (χ1v) is 25.6. The Labute approximate surface area is 162 Å². The summed E-state index contributed by atoms with van der Waals surface area (Å²) in [5, 5.41) is 8.62. The number of rotatable bonds is 5. The minimum Gasteiger partial charge on any atom is -0.218 e. The summed E-state index contributed by atoms with van der Waals surface area (Å²) in [5.74, 6) is 0. The van der Waals surface area contributed by atoms with Crippen LogP contribution in [0.4, 0.5) is 0 Å². The number of aliphatic hydroxyl groups excluding tert-OH is 1. The van der Waals surface area contributed by atoms with Crippen LogP contribution in [0.15, 0.2) is 59.8 Å². The van der Waals surface area contributed by atoms with Gasteiger partial charge in [-0.2, -0.15) is 0 Å². The molecule has 0 amide bonds. The Hall–Kier alpha value is 0.508. The number of nitrogens with one attached hydrogen (secondary N) is 2. The minimum atomic E-state index is -6.01. The Balaban J connectivity index is 0.000000435. The van der Waals surface area contributed by atoms with Crippen molar-refractivity contribution in [1.82, 2.24) is 4.72 Å². The second-order valence-electron chi connectivity index (χ2n) is 4.76. The van der Waals surface area contributed by atoms with Crippen molar-refractivity contribution in [3.05, 3.63) is 54.9 Å². The molecule has 2 aromatic rings. The van der Waals surface area contributed by atoms with Crippen LogP contribution in [-0.2, 0) is 10.0 Å². The van der Waals surface area contributed by atoms with Crippen LogP contribution < -0.4 is 13.2 Å². The van der Waals surface area contributed by atoms with Crippen molar-refractivity contribution in [2.75, 3.05) is 13.2 Å². The van der Waals surface area contributed by atoms with E-state index in [1.807, 2.05) is 30.6 Å². The zero-order valence-electron chi connectivity index (χ0n) is 12.6. The molecule has 5 nitrogen and oxygen atoms in total. The molecule has 0 aliphatic carbocycles. The second kappa shape index (κ2) is 8.25. The number of pyridine rings is 1. The van der Waals surface area contributed by atoms with E-state index in [2.05, 4.69) is 9.71 Å². The Kier molecular flexibility index (Phi) is 7.77. The van der Waals surface area contributed by atoms with Crippen molar-refractivity contribution >= 4 is 68.0 Å². The molecule has 25 heavy (non-hydrogen) atoms. The summed E-state index contributed by atoms with van der Waals surface area (Å²) in [6, 6.07) is 11.0. The molecule has 0 fully saturated rings. The Bertz CT molecular complexity index is 775. The number of halogens is 5. The molecule has 0 saturated heterocycles. The van der Waals surface area contributed by atoms with Gasteiger partial charge in [-0.3, -0.25) is 0 Å². The van der Waals surface area contributed by atoms with Crippen LogP contribution in [0.5, 0.6) is 0 Å². The van der Waals surface area contributed by atoms with Crippen molar-refractivity contribution in [1.29, 1.82) is 0 Å². The standard InChI is InChI=1S/C8H10NO3S.C5H5N.5ClH.Sb/c10-7-6-9-13(11,12)8-4-2-1-3-5-8;1-2-4-6-5-3-1;;;;;;/h1-2,4-5,9-10H,6-7H2;1-5H;5*1H;/q;;;;;;;+4/p-4. The van der Waals surface area contributed by atoms with Gasteiger partial charge in [0.25, 0.3) is 0 Å². The van der Waals surface area contributed by atoms with Gasteiger partial charge in [-0.05, 0) is 0 Å². The fourth-order valence-electron chi connectivity index (χ4n) is 1.52. The summed E-state index contributed by atoms with van der Waals surface area (Å²) >= 11 is 0. The van der Waals surface area contributed by atoms with Gasteiger partial charge in [-0.15, -0.1) is 0 Å². The first kappa shape index (κ1) is 23.5. The molecule has 1 aromatic heterocycles. The van der Waals surface area contributed by atoms with E-state index in [0.717, 1.165) is 6.07 Å². The van der Waals surface area contributed by atoms with E-state index in [1.54, 1.807) is 0 Å². The number of hydrogen-bond acceptors (Lipinski definition) is 3. The van der Waals surface area contributed by atoms with Gasteiger partial charge in [0.1, 0.15) is 0 Å². The molecule has 0 saturated carbocycles. The quantitative estimate of drug-likeness (QED) is 0.535. The molecule has 0 radical (unpaired) electrons. The van der Waals surface area contributed by atoms with Gasteiger partial charge in [0, 0.05) is 12.1 Å². The van der Waals surface area contributed by atoms with E-state index >= 15 is 0 Å². The average molecular weight is 579 g/mol. The zero-order chi connectivity index (χ0) is 19.3. The molecule has 1 heterocycles. The summed E-state index contributed by atoms with van der Waals surface area (Å²) in [6.07, 6.45) is 3.75. The monoisotopic (exact) mass is 576 g/mol. The number of aromatic amines is 1. The first-order valence-electron chi connectivity index (χ1n) is 6.71. The third-order valence-electron chi connectivity index (χ3n) is 2.63. The van der Waals surface area contributed by atoms with E-state index in [-0.39, 0.29) is 21.6 Å². The fraction of sp³-hybridized carbons (Fsp3) is 0.154. The molecular weight excluding hydrogens is 563 g/mol. The Morgan fingerprint density at radius 2 is 1.60 bits per heavy atom. The number of benzene rings is 1. The maximum Gasteiger partial charge on any atom is 0.166 e.